The van der Waals surface area contributed by atoms with Crippen molar-refractivity contribution in [3.05, 3.63) is 10.6 Å². The second-order valence-electron chi connectivity index (χ2n) is 2.91. The van der Waals surface area contributed by atoms with Crippen LogP contribution in [-0.2, 0) is 9.53 Å². The summed E-state index contributed by atoms with van der Waals surface area (Å²) in [5.74, 6) is -0.206. The number of esters is 1. The highest BCUT2D eigenvalue weighted by Crippen LogP contribution is 2.20. The van der Waals surface area contributed by atoms with Crippen LogP contribution >= 0.6 is 11.3 Å². The van der Waals surface area contributed by atoms with Crippen LogP contribution in [0.4, 0.5) is 5.13 Å². The fourth-order valence-electron chi connectivity index (χ4n) is 0.922. The number of rotatable bonds is 4. The molecule has 0 aliphatic heterocycles. The maximum atomic E-state index is 10.8. The molecular weight excluding hydrogens is 200 g/mol. The van der Waals surface area contributed by atoms with Gasteiger partial charge in [-0.25, -0.2) is 4.98 Å². The van der Waals surface area contributed by atoms with Gasteiger partial charge >= 0.3 is 5.97 Å². The monoisotopic (exact) mass is 214 g/mol. The molecule has 14 heavy (non-hydrogen) atoms. The first-order valence-corrected chi connectivity index (χ1v) is 5.20. The molecule has 0 bridgehead atoms. The minimum Gasteiger partial charge on any atom is -0.469 e. The maximum Gasteiger partial charge on any atom is 0.307 e. The topological polar surface area (TPSA) is 51.2 Å². The molecular formula is C9H14N2O2S. The van der Waals surface area contributed by atoms with Crippen LogP contribution < -0.4 is 5.32 Å². The third-order valence-corrected chi connectivity index (χ3v) is 2.89. The SMILES string of the molecule is COC(=O)CCNc1nc(C)c(C)s1. The van der Waals surface area contributed by atoms with E-state index < -0.39 is 0 Å². The number of ether oxygens (including phenoxy) is 1. The number of methoxy groups -OCH3 is 1. The maximum absolute atomic E-state index is 10.8. The van der Waals surface area contributed by atoms with Gasteiger partial charge in [0.05, 0.1) is 19.2 Å². The van der Waals surface area contributed by atoms with Gasteiger partial charge in [0.1, 0.15) is 0 Å². The van der Waals surface area contributed by atoms with Gasteiger partial charge in [-0.15, -0.1) is 11.3 Å². The van der Waals surface area contributed by atoms with Crippen molar-refractivity contribution in [2.45, 2.75) is 20.3 Å². The fraction of sp³-hybridized carbons (Fsp3) is 0.556. The molecule has 0 aliphatic rings. The lowest BCUT2D eigenvalue weighted by molar-refractivity contribution is -0.140. The smallest absolute Gasteiger partial charge is 0.307 e. The third-order valence-electron chi connectivity index (χ3n) is 1.86. The molecule has 1 rings (SSSR count). The summed E-state index contributed by atoms with van der Waals surface area (Å²) in [6.07, 6.45) is 0.369. The second kappa shape index (κ2) is 4.95. The Kier molecular flexibility index (Phi) is 3.88. The second-order valence-corrected chi connectivity index (χ2v) is 4.12. The van der Waals surface area contributed by atoms with Gasteiger partial charge in [0.25, 0.3) is 0 Å². The average Bonchev–Trinajstić information content (AvgIpc) is 2.46. The number of hydrogen-bond donors (Lipinski definition) is 1. The Morgan fingerprint density at radius 2 is 2.29 bits per heavy atom. The van der Waals surface area contributed by atoms with E-state index in [9.17, 15) is 4.79 Å². The van der Waals surface area contributed by atoms with Crippen LogP contribution in [0.2, 0.25) is 0 Å². The van der Waals surface area contributed by atoms with E-state index in [2.05, 4.69) is 15.0 Å². The van der Waals surface area contributed by atoms with Crippen molar-refractivity contribution >= 4 is 22.4 Å². The number of anilines is 1. The Morgan fingerprint density at radius 1 is 1.57 bits per heavy atom. The molecule has 1 aromatic heterocycles. The van der Waals surface area contributed by atoms with Crippen molar-refractivity contribution in [3.8, 4) is 0 Å². The van der Waals surface area contributed by atoms with E-state index >= 15 is 0 Å². The molecule has 0 amide bonds. The number of aromatic nitrogens is 1. The summed E-state index contributed by atoms with van der Waals surface area (Å²) >= 11 is 1.60. The molecule has 0 radical (unpaired) electrons. The predicted molar refractivity (Wildman–Crippen MR) is 56.7 cm³/mol. The summed E-state index contributed by atoms with van der Waals surface area (Å²) in [7, 11) is 1.39. The van der Waals surface area contributed by atoms with Crippen LogP contribution in [0.3, 0.4) is 0 Å². The fourth-order valence-corrected chi connectivity index (χ4v) is 1.76. The Bertz CT molecular complexity index is 303. The van der Waals surface area contributed by atoms with Crippen LogP contribution in [0.5, 0.6) is 0 Å². The van der Waals surface area contributed by atoms with Crippen LogP contribution in [0, 0.1) is 13.8 Å². The molecule has 0 fully saturated rings. The molecule has 0 spiro atoms. The largest absolute Gasteiger partial charge is 0.469 e. The minimum atomic E-state index is -0.206. The van der Waals surface area contributed by atoms with Crippen molar-refractivity contribution in [1.82, 2.24) is 4.98 Å². The number of nitrogens with zero attached hydrogens (tertiary/aromatic N) is 1. The average molecular weight is 214 g/mol. The Hall–Kier alpha value is -1.10. The van der Waals surface area contributed by atoms with Gasteiger partial charge in [0.15, 0.2) is 5.13 Å². The molecule has 1 heterocycles. The van der Waals surface area contributed by atoms with Crippen molar-refractivity contribution in [1.29, 1.82) is 0 Å². The summed E-state index contributed by atoms with van der Waals surface area (Å²) in [5.41, 5.74) is 1.04. The van der Waals surface area contributed by atoms with Gasteiger partial charge in [0, 0.05) is 11.4 Å². The van der Waals surface area contributed by atoms with Gasteiger partial charge in [-0.2, -0.15) is 0 Å². The standard InChI is InChI=1S/C9H14N2O2S/c1-6-7(2)14-9(11-6)10-5-4-8(12)13-3/h4-5H2,1-3H3,(H,10,11). The van der Waals surface area contributed by atoms with E-state index in [1.165, 1.54) is 12.0 Å². The summed E-state index contributed by atoms with van der Waals surface area (Å²) in [6, 6.07) is 0. The first kappa shape index (κ1) is 11.0. The lowest BCUT2D eigenvalue weighted by atomic mass is 10.4. The predicted octanol–water partition coefficient (Wildman–Crippen LogP) is 1.73. The van der Waals surface area contributed by atoms with Crippen LogP contribution in [0.25, 0.3) is 0 Å². The highest BCUT2D eigenvalue weighted by molar-refractivity contribution is 7.15. The number of thiazole rings is 1. The van der Waals surface area contributed by atoms with Crippen molar-refractivity contribution in [2.75, 3.05) is 19.0 Å². The molecule has 78 valence electrons. The molecule has 0 aliphatic carbocycles. The van der Waals surface area contributed by atoms with Crippen molar-refractivity contribution in [3.63, 3.8) is 0 Å². The van der Waals surface area contributed by atoms with Gasteiger partial charge in [-0.3, -0.25) is 4.79 Å². The van der Waals surface area contributed by atoms with Crippen LogP contribution in [-0.4, -0.2) is 24.6 Å². The zero-order valence-electron chi connectivity index (χ0n) is 8.59. The van der Waals surface area contributed by atoms with E-state index in [1.54, 1.807) is 11.3 Å². The third kappa shape index (κ3) is 2.99. The summed E-state index contributed by atoms with van der Waals surface area (Å²) in [5, 5.41) is 3.94. The molecule has 0 saturated heterocycles. The van der Waals surface area contributed by atoms with Gasteiger partial charge in [-0.05, 0) is 13.8 Å². The van der Waals surface area contributed by atoms with Crippen molar-refractivity contribution < 1.29 is 9.53 Å². The zero-order valence-corrected chi connectivity index (χ0v) is 9.40. The van der Waals surface area contributed by atoms with E-state index in [0.29, 0.717) is 13.0 Å². The summed E-state index contributed by atoms with van der Waals surface area (Å²) in [4.78, 5) is 16.3. The molecule has 0 aromatic carbocycles. The first-order chi connectivity index (χ1) is 6.63. The number of hydrogen-bond acceptors (Lipinski definition) is 5. The zero-order chi connectivity index (χ0) is 10.6. The van der Waals surface area contributed by atoms with E-state index in [0.717, 1.165) is 10.8 Å². The highest BCUT2D eigenvalue weighted by Gasteiger charge is 2.04. The number of carbonyl (C=O) groups excluding carboxylic acids is 1. The van der Waals surface area contributed by atoms with Crippen LogP contribution in [0.1, 0.15) is 17.0 Å². The van der Waals surface area contributed by atoms with Gasteiger partial charge in [0.2, 0.25) is 0 Å². The quantitative estimate of drug-likeness (QED) is 0.776. The number of aryl methyl sites for hydroxylation is 2. The molecule has 0 saturated carbocycles. The van der Waals surface area contributed by atoms with E-state index in [1.807, 2.05) is 13.8 Å². The molecule has 4 nitrogen and oxygen atoms in total. The van der Waals surface area contributed by atoms with Crippen molar-refractivity contribution in [2.24, 2.45) is 0 Å². The summed E-state index contributed by atoms with van der Waals surface area (Å²) < 4.78 is 4.52. The normalized spacial score (nSPS) is 9.93. The van der Waals surface area contributed by atoms with Crippen LogP contribution in [0.15, 0.2) is 0 Å². The highest BCUT2D eigenvalue weighted by atomic mass is 32.1. The number of carbonyl (C=O) groups is 1. The van der Waals surface area contributed by atoms with E-state index in [4.69, 9.17) is 0 Å². The Labute approximate surface area is 87.3 Å². The first-order valence-electron chi connectivity index (χ1n) is 4.38. The minimum absolute atomic E-state index is 0.206. The molecule has 0 unspecified atom stereocenters. The van der Waals surface area contributed by atoms with E-state index in [-0.39, 0.29) is 5.97 Å². The number of nitrogens with one attached hydrogen (secondary N) is 1. The summed E-state index contributed by atoms with van der Waals surface area (Å²) in [6.45, 7) is 4.56. The molecule has 0 atom stereocenters. The van der Waals surface area contributed by atoms with Gasteiger partial charge in [-0.1, -0.05) is 0 Å². The molecule has 1 N–H and O–H groups in total. The lowest BCUT2D eigenvalue weighted by Crippen LogP contribution is -2.09. The molecule has 5 heteroatoms. The molecule has 1 aromatic rings. The lowest BCUT2D eigenvalue weighted by Gasteiger charge is -2.00. The Balaban J connectivity index is 2.35. The van der Waals surface area contributed by atoms with Gasteiger partial charge < -0.3 is 10.1 Å². The Morgan fingerprint density at radius 3 is 2.79 bits per heavy atom.